The van der Waals surface area contributed by atoms with Crippen molar-refractivity contribution in [3.8, 4) is 0 Å². The minimum atomic E-state index is -0.325. The summed E-state index contributed by atoms with van der Waals surface area (Å²) in [6, 6.07) is 11.1. The summed E-state index contributed by atoms with van der Waals surface area (Å²) in [7, 11) is 0. The number of hydrogen-bond acceptors (Lipinski definition) is 7. The van der Waals surface area contributed by atoms with Gasteiger partial charge in [0.2, 0.25) is 11.9 Å². The van der Waals surface area contributed by atoms with E-state index in [1.165, 1.54) is 0 Å². The van der Waals surface area contributed by atoms with Gasteiger partial charge in [-0.15, -0.1) is 0 Å². The van der Waals surface area contributed by atoms with Gasteiger partial charge in [0.25, 0.3) is 5.91 Å². The molecule has 2 aliphatic rings. The Hall–Kier alpha value is -3.49. The minimum absolute atomic E-state index is 0.0213. The van der Waals surface area contributed by atoms with E-state index in [4.69, 9.17) is 4.74 Å². The molecule has 1 N–H and O–H groups in total. The zero-order valence-electron chi connectivity index (χ0n) is 18.6. The Morgan fingerprint density at radius 3 is 2.18 bits per heavy atom. The highest BCUT2D eigenvalue weighted by molar-refractivity contribution is 5.92. The summed E-state index contributed by atoms with van der Waals surface area (Å²) in [5, 5.41) is 2.92. The predicted molar refractivity (Wildman–Crippen MR) is 122 cm³/mol. The van der Waals surface area contributed by atoms with Crippen LogP contribution in [0.3, 0.4) is 0 Å². The van der Waals surface area contributed by atoms with E-state index in [9.17, 15) is 14.4 Å². The molecule has 2 aromatic rings. The second-order valence-corrected chi connectivity index (χ2v) is 8.43. The van der Waals surface area contributed by atoms with Crippen molar-refractivity contribution in [1.82, 2.24) is 14.9 Å². The van der Waals surface area contributed by atoms with Crippen molar-refractivity contribution in [3.63, 3.8) is 0 Å². The summed E-state index contributed by atoms with van der Waals surface area (Å²) in [5.41, 5.74) is 0.773. The van der Waals surface area contributed by atoms with Crippen molar-refractivity contribution in [2.75, 3.05) is 43.0 Å². The lowest BCUT2D eigenvalue weighted by Gasteiger charge is -2.32. The average Bonchev–Trinajstić information content (AvgIpc) is 2.88. The predicted octanol–water partition coefficient (Wildman–Crippen LogP) is 2.11. The van der Waals surface area contributed by atoms with Crippen LogP contribution in [-0.4, -0.2) is 65.4 Å². The fourth-order valence-corrected chi connectivity index (χ4v) is 4.27. The van der Waals surface area contributed by atoms with Gasteiger partial charge in [-0.3, -0.25) is 14.4 Å². The molecule has 1 aromatic heterocycles. The third-order valence-corrected chi connectivity index (χ3v) is 6.26. The number of rotatable bonds is 6. The first-order chi connectivity index (χ1) is 16.1. The SMILES string of the molecule is O=C(Nc1ccccc1)C1CCN(C(=O)COC(=O)C2CCN(c3ncccn3)CC2)CC1. The van der Waals surface area contributed by atoms with Crippen LogP contribution in [0.4, 0.5) is 11.6 Å². The number of esters is 1. The van der Waals surface area contributed by atoms with E-state index in [0.717, 1.165) is 5.69 Å². The molecule has 9 nitrogen and oxygen atoms in total. The summed E-state index contributed by atoms with van der Waals surface area (Å²) in [6.07, 6.45) is 5.89. The largest absolute Gasteiger partial charge is 0.455 e. The third kappa shape index (κ3) is 6.06. The van der Waals surface area contributed by atoms with Crippen LogP contribution in [0.2, 0.25) is 0 Å². The van der Waals surface area contributed by atoms with E-state index in [0.29, 0.717) is 57.8 Å². The lowest BCUT2D eigenvalue weighted by Crippen LogP contribution is -2.43. The Labute approximate surface area is 193 Å². The summed E-state index contributed by atoms with van der Waals surface area (Å²) in [5.74, 6) is -0.234. The highest BCUT2D eigenvalue weighted by Gasteiger charge is 2.30. The van der Waals surface area contributed by atoms with Gasteiger partial charge in [-0.2, -0.15) is 0 Å². The van der Waals surface area contributed by atoms with Crippen LogP contribution in [0.1, 0.15) is 25.7 Å². The van der Waals surface area contributed by atoms with Crippen LogP contribution in [0.5, 0.6) is 0 Å². The smallest absolute Gasteiger partial charge is 0.309 e. The second kappa shape index (κ2) is 10.9. The zero-order chi connectivity index (χ0) is 23.0. The van der Waals surface area contributed by atoms with Crippen LogP contribution in [-0.2, 0) is 19.1 Å². The molecule has 0 bridgehead atoms. The Bertz CT molecular complexity index is 940. The molecule has 0 radical (unpaired) electrons. The third-order valence-electron chi connectivity index (χ3n) is 6.26. The van der Waals surface area contributed by atoms with Gasteiger partial charge in [-0.25, -0.2) is 9.97 Å². The lowest BCUT2D eigenvalue weighted by atomic mass is 9.95. The number of piperidine rings is 2. The number of hydrogen-bond donors (Lipinski definition) is 1. The monoisotopic (exact) mass is 451 g/mol. The molecular weight excluding hydrogens is 422 g/mol. The molecule has 3 heterocycles. The molecule has 2 fully saturated rings. The Morgan fingerprint density at radius 2 is 1.52 bits per heavy atom. The first-order valence-electron chi connectivity index (χ1n) is 11.4. The molecule has 9 heteroatoms. The normalized spacial score (nSPS) is 17.5. The van der Waals surface area contributed by atoms with Crippen molar-refractivity contribution in [3.05, 3.63) is 48.8 Å². The summed E-state index contributed by atoms with van der Waals surface area (Å²) in [6.45, 7) is 2.08. The second-order valence-electron chi connectivity index (χ2n) is 8.43. The molecule has 2 aliphatic heterocycles. The number of anilines is 2. The zero-order valence-corrected chi connectivity index (χ0v) is 18.6. The summed E-state index contributed by atoms with van der Waals surface area (Å²) >= 11 is 0. The molecule has 4 rings (SSSR count). The molecule has 0 atom stereocenters. The Morgan fingerprint density at radius 1 is 0.879 bits per heavy atom. The van der Waals surface area contributed by atoms with Gasteiger partial charge in [0.15, 0.2) is 6.61 Å². The number of carbonyl (C=O) groups is 3. The van der Waals surface area contributed by atoms with Gasteiger partial charge in [0.1, 0.15) is 0 Å². The molecular formula is C24H29N5O4. The van der Waals surface area contributed by atoms with Crippen molar-refractivity contribution < 1.29 is 19.1 Å². The number of aromatic nitrogens is 2. The van der Waals surface area contributed by atoms with Crippen LogP contribution in [0.25, 0.3) is 0 Å². The highest BCUT2D eigenvalue weighted by Crippen LogP contribution is 2.22. The fraction of sp³-hybridized carbons (Fsp3) is 0.458. The maximum absolute atomic E-state index is 12.5. The Balaban J connectivity index is 1.15. The van der Waals surface area contributed by atoms with Crippen LogP contribution in [0, 0.1) is 11.8 Å². The van der Waals surface area contributed by atoms with Gasteiger partial charge in [0.05, 0.1) is 5.92 Å². The highest BCUT2D eigenvalue weighted by atomic mass is 16.5. The van der Waals surface area contributed by atoms with E-state index in [1.54, 1.807) is 23.4 Å². The summed E-state index contributed by atoms with van der Waals surface area (Å²) in [4.78, 5) is 49.6. The van der Waals surface area contributed by atoms with E-state index in [1.807, 2.05) is 35.2 Å². The first kappa shape index (κ1) is 22.7. The average molecular weight is 452 g/mol. The van der Waals surface area contributed by atoms with Gasteiger partial charge in [-0.1, -0.05) is 18.2 Å². The van der Waals surface area contributed by atoms with Crippen molar-refractivity contribution >= 4 is 29.4 Å². The number of para-hydroxylation sites is 1. The molecule has 174 valence electrons. The van der Waals surface area contributed by atoms with Crippen LogP contribution in [0.15, 0.2) is 48.8 Å². The summed E-state index contributed by atoms with van der Waals surface area (Å²) < 4.78 is 5.33. The standard InChI is InChI=1S/C24H29N5O4/c30-21(28-13-7-18(8-14-28)22(31)27-20-5-2-1-3-6-20)17-33-23(32)19-9-15-29(16-10-19)24-25-11-4-12-26-24/h1-6,11-12,18-19H,7-10,13-17H2,(H,27,31). The van der Waals surface area contributed by atoms with E-state index in [2.05, 4.69) is 15.3 Å². The van der Waals surface area contributed by atoms with Crippen LogP contribution >= 0.6 is 0 Å². The number of ether oxygens (including phenoxy) is 1. The van der Waals surface area contributed by atoms with Gasteiger partial charge < -0.3 is 19.9 Å². The van der Waals surface area contributed by atoms with E-state index < -0.39 is 0 Å². The fourth-order valence-electron chi connectivity index (χ4n) is 4.27. The van der Waals surface area contributed by atoms with Crippen LogP contribution < -0.4 is 10.2 Å². The maximum Gasteiger partial charge on any atom is 0.309 e. The van der Waals surface area contributed by atoms with Gasteiger partial charge in [0, 0.05) is 50.2 Å². The molecule has 0 spiro atoms. The quantitative estimate of drug-likeness (QED) is 0.671. The number of nitrogens with zero attached hydrogens (tertiary/aromatic N) is 4. The van der Waals surface area contributed by atoms with Crippen molar-refractivity contribution in [1.29, 1.82) is 0 Å². The minimum Gasteiger partial charge on any atom is -0.455 e. The van der Waals surface area contributed by atoms with Crippen molar-refractivity contribution in [2.45, 2.75) is 25.7 Å². The van der Waals surface area contributed by atoms with E-state index >= 15 is 0 Å². The number of carbonyl (C=O) groups excluding carboxylic acids is 3. The number of nitrogens with one attached hydrogen (secondary N) is 1. The maximum atomic E-state index is 12.5. The molecule has 0 aliphatic carbocycles. The Kier molecular flexibility index (Phi) is 7.49. The topological polar surface area (TPSA) is 105 Å². The van der Waals surface area contributed by atoms with E-state index in [-0.39, 0.29) is 36.2 Å². The van der Waals surface area contributed by atoms with Gasteiger partial charge in [-0.05, 0) is 43.9 Å². The number of likely N-dealkylation sites (tertiary alicyclic amines) is 1. The first-order valence-corrected chi connectivity index (χ1v) is 11.4. The number of benzene rings is 1. The lowest BCUT2D eigenvalue weighted by molar-refractivity contribution is -0.156. The molecule has 1 aromatic carbocycles. The molecule has 0 unspecified atom stereocenters. The van der Waals surface area contributed by atoms with Crippen molar-refractivity contribution in [2.24, 2.45) is 11.8 Å². The number of amides is 2. The van der Waals surface area contributed by atoms with Gasteiger partial charge >= 0.3 is 5.97 Å². The molecule has 33 heavy (non-hydrogen) atoms. The molecule has 2 saturated heterocycles. The molecule has 0 saturated carbocycles. The molecule has 2 amide bonds.